The third-order valence-electron chi connectivity index (χ3n) is 5.44. The fourth-order valence-electron chi connectivity index (χ4n) is 3.75. The molecule has 0 aliphatic carbocycles. The van der Waals surface area contributed by atoms with Crippen LogP contribution in [-0.2, 0) is 18.0 Å². The number of nitrogens with one attached hydrogen (secondary N) is 1. The molecular formula is C24H35FN6O3. The van der Waals surface area contributed by atoms with E-state index in [0.29, 0.717) is 6.54 Å². The third kappa shape index (κ3) is 8.11. The predicted molar refractivity (Wildman–Crippen MR) is 129 cm³/mol. The molecule has 2 heterocycles. The molecule has 1 amide bonds. The first-order chi connectivity index (χ1) is 16.1. The molecule has 0 radical (unpaired) electrons. The maximum Gasteiger partial charge on any atom is 0.409 e. The molecule has 1 saturated heterocycles. The Morgan fingerprint density at radius 1 is 1.12 bits per heavy atom. The number of hydrogen-bond acceptors (Lipinski definition) is 6. The summed E-state index contributed by atoms with van der Waals surface area (Å²) in [7, 11) is 0. The van der Waals surface area contributed by atoms with Gasteiger partial charge in [0.2, 0.25) is 0 Å². The molecule has 1 aliphatic heterocycles. The molecule has 3 rings (SSSR count). The maximum atomic E-state index is 13.1. The SMILES string of the molecule is CC(=Cc1ccc(F)cc1)CN1CCN(CCn2ncn(CNC(=O)OC(C)(C)C)c2=O)CC1. The van der Waals surface area contributed by atoms with E-state index in [-0.39, 0.29) is 18.2 Å². The monoisotopic (exact) mass is 474 g/mol. The Hall–Kier alpha value is -2.98. The molecule has 1 aromatic carbocycles. The lowest BCUT2D eigenvalue weighted by Gasteiger charge is -2.34. The van der Waals surface area contributed by atoms with Crippen LogP contribution in [0.1, 0.15) is 33.3 Å². The molecule has 34 heavy (non-hydrogen) atoms. The van der Waals surface area contributed by atoms with Crippen LogP contribution in [0.2, 0.25) is 0 Å². The first-order valence-corrected chi connectivity index (χ1v) is 11.6. The lowest BCUT2D eigenvalue weighted by Crippen LogP contribution is -2.48. The standard InChI is InChI=1S/C24H35FN6O3/c1-19(15-20-5-7-21(25)8-6-20)16-29-11-9-28(10-12-29)13-14-31-23(33)30(18-27-31)17-26-22(32)34-24(2,3)4/h5-8,15,18H,9-14,16-17H2,1-4H3,(H,26,32). The number of rotatable bonds is 8. The summed E-state index contributed by atoms with van der Waals surface area (Å²) in [6.45, 7) is 13.3. The molecule has 0 atom stereocenters. The van der Waals surface area contributed by atoms with Crippen LogP contribution >= 0.6 is 0 Å². The van der Waals surface area contributed by atoms with Crippen molar-refractivity contribution in [2.24, 2.45) is 0 Å². The van der Waals surface area contributed by atoms with Gasteiger partial charge in [-0.1, -0.05) is 23.8 Å². The largest absolute Gasteiger partial charge is 0.444 e. The summed E-state index contributed by atoms with van der Waals surface area (Å²) in [5.74, 6) is -0.225. The topological polar surface area (TPSA) is 84.6 Å². The summed E-state index contributed by atoms with van der Waals surface area (Å²) in [5.41, 5.74) is 1.37. The van der Waals surface area contributed by atoms with Crippen LogP contribution in [-0.4, -0.2) is 75.1 Å². The smallest absolute Gasteiger partial charge is 0.409 e. The lowest BCUT2D eigenvalue weighted by atomic mass is 10.1. The quantitative estimate of drug-likeness (QED) is 0.633. The molecule has 0 saturated carbocycles. The van der Waals surface area contributed by atoms with E-state index in [4.69, 9.17) is 4.74 Å². The van der Waals surface area contributed by atoms with Crippen molar-refractivity contribution in [1.29, 1.82) is 0 Å². The van der Waals surface area contributed by atoms with Gasteiger partial charge in [-0.2, -0.15) is 5.10 Å². The number of halogens is 1. The number of carbonyl (C=O) groups is 1. The van der Waals surface area contributed by atoms with E-state index in [9.17, 15) is 14.0 Å². The average Bonchev–Trinajstić information content (AvgIpc) is 3.11. The first kappa shape index (κ1) is 25.6. The number of carbonyl (C=O) groups excluding carboxylic acids is 1. The molecule has 2 aromatic rings. The van der Waals surface area contributed by atoms with Gasteiger partial charge in [-0.15, -0.1) is 0 Å². The molecule has 1 N–H and O–H groups in total. The summed E-state index contributed by atoms with van der Waals surface area (Å²) in [6.07, 6.45) is 2.94. The van der Waals surface area contributed by atoms with E-state index in [0.717, 1.165) is 44.8 Å². The fraction of sp³-hybridized carbons (Fsp3) is 0.542. The second-order valence-corrected chi connectivity index (χ2v) is 9.60. The molecule has 9 nitrogen and oxygen atoms in total. The second kappa shape index (κ2) is 11.4. The zero-order valence-corrected chi connectivity index (χ0v) is 20.5. The van der Waals surface area contributed by atoms with Gasteiger partial charge in [-0.3, -0.25) is 14.4 Å². The van der Waals surface area contributed by atoms with Gasteiger partial charge in [0.25, 0.3) is 0 Å². The number of piperazine rings is 1. The summed E-state index contributed by atoms with van der Waals surface area (Å²) in [6, 6.07) is 6.52. The van der Waals surface area contributed by atoms with Crippen LogP contribution in [0.5, 0.6) is 0 Å². The Bertz CT molecular complexity index is 1030. The van der Waals surface area contributed by atoms with Crippen LogP contribution in [0.15, 0.2) is 41.0 Å². The predicted octanol–water partition coefficient (Wildman–Crippen LogP) is 2.39. The van der Waals surface area contributed by atoms with Crippen molar-refractivity contribution < 1.29 is 13.9 Å². The number of aromatic nitrogens is 3. The van der Waals surface area contributed by atoms with E-state index in [1.54, 1.807) is 32.9 Å². The minimum Gasteiger partial charge on any atom is -0.444 e. The Labute approximate surface area is 199 Å². The first-order valence-electron chi connectivity index (χ1n) is 11.6. The maximum absolute atomic E-state index is 13.1. The molecular weight excluding hydrogens is 439 g/mol. The minimum atomic E-state index is -0.596. The number of nitrogens with zero attached hydrogens (tertiary/aromatic N) is 5. The van der Waals surface area contributed by atoms with Gasteiger partial charge in [0.05, 0.1) is 6.54 Å². The van der Waals surface area contributed by atoms with Gasteiger partial charge in [0, 0.05) is 39.3 Å². The van der Waals surface area contributed by atoms with Crippen molar-refractivity contribution in [2.75, 3.05) is 39.3 Å². The Kier molecular flexibility index (Phi) is 8.62. The second-order valence-electron chi connectivity index (χ2n) is 9.60. The van der Waals surface area contributed by atoms with Crippen molar-refractivity contribution in [1.82, 2.24) is 29.5 Å². The van der Waals surface area contributed by atoms with Crippen molar-refractivity contribution >= 4 is 12.2 Å². The van der Waals surface area contributed by atoms with Crippen molar-refractivity contribution in [3.8, 4) is 0 Å². The Balaban J connectivity index is 1.40. The summed E-state index contributed by atoms with van der Waals surface area (Å²) in [5, 5.41) is 6.72. The highest BCUT2D eigenvalue weighted by Gasteiger charge is 2.18. The summed E-state index contributed by atoms with van der Waals surface area (Å²) >= 11 is 0. The molecule has 1 fully saturated rings. The Morgan fingerprint density at radius 3 is 2.41 bits per heavy atom. The lowest BCUT2D eigenvalue weighted by molar-refractivity contribution is 0.0510. The van der Waals surface area contributed by atoms with Crippen LogP contribution in [0.3, 0.4) is 0 Å². The number of hydrogen-bond donors (Lipinski definition) is 1. The van der Waals surface area contributed by atoms with E-state index in [2.05, 4.69) is 33.2 Å². The van der Waals surface area contributed by atoms with Gasteiger partial charge in [-0.25, -0.2) is 18.7 Å². The van der Waals surface area contributed by atoms with Crippen LogP contribution < -0.4 is 11.0 Å². The van der Waals surface area contributed by atoms with Crippen molar-refractivity contribution in [3.05, 3.63) is 58.0 Å². The normalized spacial score (nSPS) is 16.0. The van der Waals surface area contributed by atoms with Crippen molar-refractivity contribution in [3.63, 3.8) is 0 Å². The molecule has 1 aromatic heterocycles. The number of ether oxygens (including phenoxy) is 1. The van der Waals surface area contributed by atoms with E-state index in [1.807, 2.05) is 0 Å². The average molecular weight is 475 g/mol. The van der Waals surface area contributed by atoms with Gasteiger partial charge in [-0.05, 0) is 45.4 Å². The number of alkyl carbamates (subject to hydrolysis) is 1. The molecule has 0 spiro atoms. The molecule has 10 heteroatoms. The summed E-state index contributed by atoms with van der Waals surface area (Å²) < 4.78 is 21.0. The van der Waals surface area contributed by atoms with E-state index in [1.165, 1.54) is 33.3 Å². The molecule has 186 valence electrons. The van der Waals surface area contributed by atoms with Crippen LogP contribution in [0.4, 0.5) is 9.18 Å². The summed E-state index contributed by atoms with van der Waals surface area (Å²) in [4.78, 5) is 29.0. The highest BCUT2D eigenvalue weighted by molar-refractivity contribution is 5.67. The van der Waals surface area contributed by atoms with Gasteiger partial charge in [0.1, 0.15) is 24.4 Å². The van der Waals surface area contributed by atoms with Gasteiger partial charge < -0.3 is 10.1 Å². The van der Waals surface area contributed by atoms with Gasteiger partial charge in [0.15, 0.2) is 0 Å². The number of amides is 1. The minimum absolute atomic E-state index is 0.0111. The van der Waals surface area contributed by atoms with Gasteiger partial charge >= 0.3 is 11.8 Å². The highest BCUT2D eigenvalue weighted by atomic mass is 19.1. The van der Waals surface area contributed by atoms with Crippen LogP contribution in [0.25, 0.3) is 6.08 Å². The van der Waals surface area contributed by atoms with E-state index < -0.39 is 11.7 Å². The third-order valence-corrected chi connectivity index (χ3v) is 5.44. The van der Waals surface area contributed by atoms with Crippen molar-refractivity contribution in [2.45, 2.75) is 46.5 Å². The molecule has 0 unspecified atom stereocenters. The van der Waals surface area contributed by atoms with E-state index >= 15 is 0 Å². The van der Waals surface area contributed by atoms with Crippen LogP contribution in [0, 0.1) is 5.82 Å². The molecule has 0 bridgehead atoms. The fourth-order valence-corrected chi connectivity index (χ4v) is 3.75. The zero-order valence-electron chi connectivity index (χ0n) is 20.5. The Morgan fingerprint density at radius 2 is 1.76 bits per heavy atom. The molecule has 1 aliphatic rings. The number of benzene rings is 1. The highest BCUT2D eigenvalue weighted by Crippen LogP contribution is 2.11. The zero-order chi connectivity index (χ0) is 24.7.